The van der Waals surface area contributed by atoms with Gasteiger partial charge in [0.2, 0.25) is 10.0 Å². The number of aryl methyl sites for hydroxylation is 2. The highest BCUT2D eigenvalue weighted by molar-refractivity contribution is 7.92. The fourth-order valence-electron chi connectivity index (χ4n) is 2.18. The van der Waals surface area contributed by atoms with Gasteiger partial charge >= 0.3 is 0 Å². The lowest BCUT2D eigenvalue weighted by Gasteiger charge is -2.29. The molecule has 0 unspecified atom stereocenters. The summed E-state index contributed by atoms with van der Waals surface area (Å²) in [5.41, 5.74) is 3.30. The van der Waals surface area contributed by atoms with E-state index in [2.05, 4.69) is 13.0 Å². The molecule has 1 aliphatic rings. The maximum absolute atomic E-state index is 11.6. The van der Waals surface area contributed by atoms with Crippen molar-refractivity contribution in [1.29, 1.82) is 0 Å². The lowest BCUT2D eigenvalue weighted by atomic mass is 10.00. The van der Waals surface area contributed by atoms with Gasteiger partial charge in [0.1, 0.15) is 0 Å². The van der Waals surface area contributed by atoms with Crippen molar-refractivity contribution in [3.8, 4) is 0 Å². The molecular formula is C12H17NO2S. The van der Waals surface area contributed by atoms with Crippen LogP contribution in [-0.4, -0.2) is 21.2 Å². The smallest absolute Gasteiger partial charge is 0.232 e. The Morgan fingerprint density at radius 1 is 1.38 bits per heavy atom. The summed E-state index contributed by atoms with van der Waals surface area (Å²) in [6.45, 7) is 2.72. The Bertz CT molecular complexity index is 494. The molecule has 0 saturated heterocycles. The van der Waals surface area contributed by atoms with Crippen LogP contribution in [0.15, 0.2) is 18.2 Å². The van der Waals surface area contributed by atoms with Crippen LogP contribution in [0.2, 0.25) is 0 Å². The topological polar surface area (TPSA) is 37.4 Å². The van der Waals surface area contributed by atoms with E-state index in [-0.39, 0.29) is 0 Å². The second-order valence-corrected chi connectivity index (χ2v) is 6.16. The van der Waals surface area contributed by atoms with E-state index in [1.165, 1.54) is 16.1 Å². The largest absolute Gasteiger partial charge is 0.270 e. The van der Waals surface area contributed by atoms with E-state index in [0.717, 1.165) is 30.5 Å². The molecule has 0 saturated carbocycles. The monoisotopic (exact) mass is 239 g/mol. The Morgan fingerprint density at radius 3 is 2.75 bits per heavy atom. The minimum atomic E-state index is -3.13. The zero-order valence-electron chi connectivity index (χ0n) is 9.73. The zero-order valence-corrected chi connectivity index (χ0v) is 10.5. The summed E-state index contributed by atoms with van der Waals surface area (Å²) >= 11 is 0. The van der Waals surface area contributed by atoms with E-state index in [1.807, 2.05) is 12.1 Å². The van der Waals surface area contributed by atoms with Crippen LogP contribution in [-0.2, 0) is 22.9 Å². The van der Waals surface area contributed by atoms with Crippen molar-refractivity contribution in [2.24, 2.45) is 0 Å². The van der Waals surface area contributed by atoms with Gasteiger partial charge in [-0.3, -0.25) is 4.31 Å². The molecular weight excluding hydrogens is 222 g/mol. The average Bonchev–Trinajstić information content (AvgIpc) is 2.26. The molecule has 88 valence electrons. The van der Waals surface area contributed by atoms with E-state index in [9.17, 15) is 8.42 Å². The molecule has 0 aromatic heterocycles. The number of rotatable bonds is 2. The maximum atomic E-state index is 11.6. The fourth-order valence-corrected chi connectivity index (χ4v) is 3.18. The normalized spacial score (nSPS) is 16.0. The second kappa shape index (κ2) is 4.09. The highest BCUT2D eigenvalue weighted by Gasteiger charge is 2.23. The number of hydrogen-bond donors (Lipinski definition) is 0. The predicted molar refractivity (Wildman–Crippen MR) is 66.3 cm³/mol. The highest BCUT2D eigenvalue weighted by Crippen LogP contribution is 2.29. The summed E-state index contributed by atoms with van der Waals surface area (Å²) < 4.78 is 24.8. The lowest BCUT2D eigenvalue weighted by molar-refractivity contribution is 0.592. The zero-order chi connectivity index (χ0) is 11.8. The molecule has 0 bridgehead atoms. The molecule has 16 heavy (non-hydrogen) atoms. The molecule has 1 aromatic carbocycles. The first-order chi connectivity index (χ1) is 7.52. The molecule has 0 spiro atoms. The SMILES string of the molecule is CCc1ccc2c(c1)CCCN2S(C)(=O)=O. The average molecular weight is 239 g/mol. The van der Waals surface area contributed by atoms with E-state index < -0.39 is 10.0 Å². The van der Waals surface area contributed by atoms with Gasteiger partial charge in [0, 0.05) is 6.54 Å². The molecule has 3 nitrogen and oxygen atoms in total. The summed E-state index contributed by atoms with van der Waals surface area (Å²) in [4.78, 5) is 0. The Balaban J connectivity index is 2.48. The van der Waals surface area contributed by atoms with Gasteiger partial charge in [-0.2, -0.15) is 0 Å². The van der Waals surface area contributed by atoms with E-state index in [0.29, 0.717) is 6.54 Å². The van der Waals surface area contributed by atoms with Crippen LogP contribution >= 0.6 is 0 Å². The summed E-state index contributed by atoms with van der Waals surface area (Å²) in [6, 6.07) is 6.09. The first-order valence-corrected chi connectivity index (χ1v) is 7.46. The molecule has 4 heteroatoms. The Labute approximate surface area is 97.1 Å². The molecule has 0 atom stereocenters. The number of anilines is 1. The molecule has 2 rings (SSSR count). The minimum Gasteiger partial charge on any atom is -0.270 e. The number of hydrogen-bond acceptors (Lipinski definition) is 2. The third-order valence-corrected chi connectivity index (χ3v) is 4.21. The fraction of sp³-hybridized carbons (Fsp3) is 0.500. The number of sulfonamides is 1. The Kier molecular flexibility index (Phi) is 2.93. The Hall–Kier alpha value is -1.03. The van der Waals surface area contributed by atoms with Crippen molar-refractivity contribution in [2.45, 2.75) is 26.2 Å². The molecule has 1 aliphatic heterocycles. The van der Waals surface area contributed by atoms with Gasteiger partial charge in [-0.25, -0.2) is 8.42 Å². The second-order valence-electron chi connectivity index (χ2n) is 4.26. The molecule has 0 amide bonds. The molecule has 0 aliphatic carbocycles. The van der Waals surface area contributed by atoms with Crippen molar-refractivity contribution in [1.82, 2.24) is 0 Å². The van der Waals surface area contributed by atoms with Gasteiger partial charge in [0.25, 0.3) is 0 Å². The third kappa shape index (κ3) is 2.07. The van der Waals surface area contributed by atoms with Crippen LogP contribution in [0.5, 0.6) is 0 Å². The molecule has 0 radical (unpaired) electrons. The maximum Gasteiger partial charge on any atom is 0.232 e. The van der Waals surface area contributed by atoms with Gasteiger partial charge in [-0.15, -0.1) is 0 Å². The summed E-state index contributed by atoms with van der Waals surface area (Å²) in [5, 5.41) is 0. The first kappa shape index (κ1) is 11.5. The Morgan fingerprint density at radius 2 is 2.12 bits per heavy atom. The number of fused-ring (bicyclic) bond motifs is 1. The van der Waals surface area contributed by atoms with Crippen LogP contribution in [0, 0.1) is 0 Å². The number of benzene rings is 1. The highest BCUT2D eigenvalue weighted by atomic mass is 32.2. The van der Waals surface area contributed by atoms with Gasteiger partial charge in [0.05, 0.1) is 11.9 Å². The van der Waals surface area contributed by atoms with E-state index in [1.54, 1.807) is 0 Å². The van der Waals surface area contributed by atoms with Crippen molar-refractivity contribution in [2.75, 3.05) is 17.1 Å². The van der Waals surface area contributed by atoms with Crippen LogP contribution in [0.1, 0.15) is 24.5 Å². The summed E-state index contributed by atoms with van der Waals surface area (Å²) in [6.07, 6.45) is 4.16. The predicted octanol–water partition coefficient (Wildman–Crippen LogP) is 1.96. The molecule has 0 fully saturated rings. The van der Waals surface area contributed by atoms with Gasteiger partial charge in [-0.1, -0.05) is 19.1 Å². The lowest BCUT2D eigenvalue weighted by Crippen LogP contribution is -2.34. The van der Waals surface area contributed by atoms with E-state index >= 15 is 0 Å². The summed E-state index contributed by atoms with van der Waals surface area (Å²) in [7, 11) is -3.13. The molecule has 0 N–H and O–H groups in total. The van der Waals surface area contributed by atoms with Crippen LogP contribution in [0.3, 0.4) is 0 Å². The van der Waals surface area contributed by atoms with Crippen LogP contribution in [0.25, 0.3) is 0 Å². The standard InChI is InChI=1S/C12H17NO2S/c1-3-10-6-7-12-11(9-10)5-4-8-13(12)16(2,14)15/h6-7,9H,3-5,8H2,1-2H3. The van der Waals surface area contributed by atoms with Crippen LogP contribution in [0.4, 0.5) is 5.69 Å². The van der Waals surface area contributed by atoms with Crippen molar-refractivity contribution < 1.29 is 8.42 Å². The third-order valence-electron chi connectivity index (χ3n) is 3.03. The minimum absolute atomic E-state index is 0.608. The van der Waals surface area contributed by atoms with Gasteiger partial charge < -0.3 is 0 Å². The van der Waals surface area contributed by atoms with Crippen molar-refractivity contribution in [3.63, 3.8) is 0 Å². The number of nitrogens with zero attached hydrogens (tertiary/aromatic N) is 1. The van der Waals surface area contributed by atoms with Gasteiger partial charge in [-0.05, 0) is 36.5 Å². The van der Waals surface area contributed by atoms with E-state index in [4.69, 9.17) is 0 Å². The molecule has 1 aromatic rings. The molecule has 1 heterocycles. The van der Waals surface area contributed by atoms with Crippen LogP contribution < -0.4 is 4.31 Å². The first-order valence-electron chi connectivity index (χ1n) is 5.62. The quantitative estimate of drug-likeness (QED) is 0.791. The van der Waals surface area contributed by atoms with Crippen molar-refractivity contribution in [3.05, 3.63) is 29.3 Å². The van der Waals surface area contributed by atoms with Crippen molar-refractivity contribution >= 4 is 15.7 Å². The summed E-state index contributed by atoms with van der Waals surface area (Å²) in [5.74, 6) is 0. The van der Waals surface area contributed by atoms with Gasteiger partial charge in [0.15, 0.2) is 0 Å².